The number of carbonyl (C=O) groups is 1. The molecular formula is C22H37N5O. The molecule has 1 amide bonds. The van der Waals surface area contributed by atoms with Gasteiger partial charge in [0.25, 0.3) is 5.91 Å². The van der Waals surface area contributed by atoms with Gasteiger partial charge in [-0.3, -0.25) is 4.79 Å². The quantitative estimate of drug-likeness (QED) is 0.409. The number of piperidine rings is 1. The molecule has 0 saturated carbocycles. The Bertz CT molecular complexity index is 626. The monoisotopic (exact) mass is 387 g/mol. The number of likely N-dealkylation sites (tertiary alicyclic amines) is 1. The van der Waals surface area contributed by atoms with Gasteiger partial charge in [-0.05, 0) is 57.4 Å². The number of carbonyl (C=O) groups excluding carboxylic acids is 1. The normalized spacial score (nSPS) is 18.0. The number of guanidine groups is 1. The van der Waals surface area contributed by atoms with Crippen LogP contribution >= 0.6 is 0 Å². The highest BCUT2D eigenvalue weighted by atomic mass is 16.2. The van der Waals surface area contributed by atoms with Crippen LogP contribution in [-0.4, -0.2) is 68.0 Å². The summed E-state index contributed by atoms with van der Waals surface area (Å²) in [6.07, 6.45) is 5.16. The summed E-state index contributed by atoms with van der Waals surface area (Å²) in [5.74, 6) is 0.871. The van der Waals surface area contributed by atoms with Crippen molar-refractivity contribution in [1.82, 2.24) is 20.4 Å². The van der Waals surface area contributed by atoms with Crippen LogP contribution in [0.4, 0.5) is 0 Å². The standard InChI is InChI=1S/C22H37N5O/c1-5-23-22(24-14-8-16-27-15-7-6-9-18(27)2)25-17-19-10-12-20(13-11-19)21(28)26(3)4/h10-13,18H,5-9,14-17H2,1-4H3,(H2,23,24,25). The lowest BCUT2D eigenvalue weighted by Gasteiger charge is -2.33. The van der Waals surface area contributed by atoms with Gasteiger partial charge in [0.05, 0.1) is 6.54 Å². The molecule has 0 aromatic heterocycles. The molecule has 0 aliphatic carbocycles. The molecule has 0 spiro atoms. The van der Waals surface area contributed by atoms with Gasteiger partial charge in [-0.2, -0.15) is 0 Å². The Morgan fingerprint density at radius 1 is 1.21 bits per heavy atom. The van der Waals surface area contributed by atoms with Crippen LogP contribution in [0.3, 0.4) is 0 Å². The molecule has 1 unspecified atom stereocenters. The molecule has 1 saturated heterocycles. The van der Waals surface area contributed by atoms with Crippen LogP contribution in [0.15, 0.2) is 29.3 Å². The molecule has 156 valence electrons. The predicted octanol–water partition coefficient (Wildman–Crippen LogP) is 2.71. The van der Waals surface area contributed by atoms with E-state index in [0.717, 1.165) is 43.6 Å². The van der Waals surface area contributed by atoms with Crippen LogP contribution in [0.5, 0.6) is 0 Å². The van der Waals surface area contributed by atoms with E-state index in [2.05, 4.69) is 34.4 Å². The molecular weight excluding hydrogens is 350 g/mol. The fourth-order valence-electron chi connectivity index (χ4n) is 3.50. The van der Waals surface area contributed by atoms with Crippen LogP contribution in [0.25, 0.3) is 0 Å². The Morgan fingerprint density at radius 2 is 1.96 bits per heavy atom. The Labute approximate surface area is 170 Å². The first-order chi connectivity index (χ1) is 13.5. The molecule has 6 nitrogen and oxygen atoms in total. The molecule has 6 heteroatoms. The SMILES string of the molecule is CCNC(=NCc1ccc(C(=O)N(C)C)cc1)NCCCN1CCCCC1C. The van der Waals surface area contributed by atoms with E-state index < -0.39 is 0 Å². The molecule has 1 atom stereocenters. The molecule has 2 rings (SSSR count). The van der Waals surface area contributed by atoms with Crippen molar-refractivity contribution in [3.63, 3.8) is 0 Å². The lowest BCUT2D eigenvalue weighted by atomic mass is 10.0. The highest BCUT2D eigenvalue weighted by Crippen LogP contribution is 2.16. The van der Waals surface area contributed by atoms with E-state index in [9.17, 15) is 4.79 Å². The number of nitrogens with zero attached hydrogens (tertiary/aromatic N) is 3. The third kappa shape index (κ3) is 7.15. The van der Waals surface area contributed by atoms with Gasteiger partial charge in [0.1, 0.15) is 0 Å². The maximum Gasteiger partial charge on any atom is 0.253 e. The number of rotatable bonds is 8. The van der Waals surface area contributed by atoms with Crippen LogP contribution < -0.4 is 10.6 Å². The number of nitrogens with one attached hydrogen (secondary N) is 2. The molecule has 1 aromatic carbocycles. The van der Waals surface area contributed by atoms with Crippen LogP contribution in [-0.2, 0) is 6.54 Å². The van der Waals surface area contributed by atoms with Crippen LogP contribution in [0, 0.1) is 0 Å². The third-order valence-electron chi connectivity index (χ3n) is 5.23. The van der Waals surface area contributed by atoms with Crippen LogP contribution in [0.1, 0.15) is 55.5 Å². The first kappa shape index (κ1) is 22.2. The maximum atomic E-state index is 12.0. The summed E-state index contributed by atoms with van der Waals surface area (Å²) < 4.78 is 0. The zero-order valence-corrected chi connectivity index (χ0v) is 18.0. The van der Waals surface area contributed by atoms with Gasteiger partial charge >= 0.3 is 0 Å². The highest BCUT2D eigenvalue weighted by molar-refractivity contribution is 5.93. The van der Waals surface area contributed by atoms with Crippen molar-refractivity contribution in [1.29, 1.82) is 0 Å². The van der Waals surface area contributed by atoms with Gasteiger partial charge in [0, 0.05) is 45.3 Å². The van der Waals surface area contributed by atoms with Crippen molar-refractivity contribution >= 4 is 11.9 Å². The average Bonchev–Trinajstić information content (AvgIpc) is 2.70. The minimum atomic E-state index is 0.0214. The second kappa shape index (κ2) is 11.7. The molecule has 1 aromatic rings. The van der Waals surface area contributed by atoms with Gasteiger partial charge < -0.3 is 20.4 Å². The highest BCUT2D eigenvalue weighted by Gasteiger charge is 2.17. The molecule has 1 fully saturated rings. The van der Waals surface area contributed by atoms with Gasteiger partial charge in [-0.25, -0.2) is 4.99 Å². The largest absolute Gasteiger partial charge is 0.357 e. The van der Waals surface area contributed by atoms with Crippen molar-refractivity contribution in [2.75, 3.05) is 40.3 Å². The van der Waals surface area contributed by atoms with Crippen molar-refractivity contribution in [3.8, 4) is 0 Å². The number of benzene rings is 1. The van der Waals surface area contributed by atoms with E-state index >= 15 is 0 Å². The number of aliphatic imine (C=N–C) groups is 1. The van der Waals surface area contributed by atoms with E-state index in [1.54, 1.807) is 19.0 Å². The van der Waals surface area contributed by atoms with E-state index in [1.807, 2.05) is 24.3 Å². The number of hydrogen-bond donors (Lipinski definition) is 2. The van der Waals surface area contributed by atoms with Crippen LogP contribution in [0.2, 0.25) is 0 Å². The van der Waals surface area contributed by atoms with Crippen molar-refractivity contribution < 1.29 is 4.79 Å². The smallest absolute Gasteiger partial charge is 0.253 e. The van der Waals surface area contributed by atoms with E-state index in [-0.39, 0.29) is 5.91 Å². The summed E-state index contributed by atoms with van der Waals surface area (Å²) >= 11 is 0. The Hall–Kier alpha value is -2.08. The Balaban J connectivity index is 1.80. The predicted molar refractivity (Wildman–Crippen MR) is 117 cm³/mol. The molecule has 0 bridgehead atoms. The molecule has 1 aliphatic rings. The zero-order chi connectivity index (χ0) is 20.4. The van der Waals surface area contributed by atoms with Crippen molar-refractivity contribution in [2.45, 2.75) is 52.1 Å². The first-order valence-electron chi connectivity index (χ1n) is 10.6. The lowest BCUT2D eigenvalue weighted by Crippen LogP contribution is -2.41. The molecule has 0 radical (unpaired) electrons. The molecule has 28 heavy (non-hydrogen) atoms. The fraction of sp³-hybridized carbons (Fsp3) is 0.636. The van der Waals surface area contributed by atoms with E-state index in [4.69, 9.17) is 0 Å². The number of hydrogen-bond acceptors (Lipinski definition) is 3. The molecule has 2 N–H and O–H groups in total. The van der Waals surface area contributed by atoms with Crippen molar-refractivity contribution in [2.24, 2.45) is 4.99 Å². The fourth-order valence-corrected chi connectivity index (χ4v) is 3.50. The number of amides is 1. The summed E-state index contributed by atoms with van der Waals surface area (Å²) in [5.41, 5.74) is 1.80. The average molecular weight is 388 g/mol. The minimum absolute atomic E-state index is 0.0214. The van der Waals surface area contributed by atoms with E-state index in [0.29, 0.717) is 12.1 Å². The lowest BCUT2D eigenvalue weighted by molar-refractivity contribution is 0.0827. The Morgan fingerprint density at radius 3 is 2.61 bits per heavy atom. The summed E-state index contributed by atoms with van der Waals surface area (Å²) in [6.45, 7) is 9.16. The Kier molecular flexibility index (Phi) is 9.28. The first-order valence-corrected chi connectivity index (χ1v) is 10.6. The minimum Gasteiger partial charge on any atom is -0.357 e. The summed E-state index contributed by atoms with van der Waals surface area (Å²) in [6, 6.07) is 8.40. The maximum absolute atomic E-state index is 12.0. The second-order valence-electron chi connectivity index (χ2n) is 7.75. The van der Waals surface area contributed by atoms with Gasteiger partial charge in [-0.15, -0.1) is 0 Å². The zero-order valence-electron chi connectivity index (χ0n) is 18.0. The van der Waals surface area contributed by atoms with Gasteiger partial charge in [-0.1, -0.05) is 18.6 Å². The van der Waals surface area contributed by atoms with Gasteiger partial charge in [0.2, 0.25) is 0 Å². The van der Waals surface area contributed by atoms with E-state index in [1.165, 1.54) is 25.8 Å². The van der Waals surface area contributed by atoms with Crippen molar-refractivity contribution in [3.05, 3.63) is 35.4 Å². The molecule has 1 heterocycles. The summed E-state index contributed by atoms with van der Waals surface area (Å²) in [7, 11) is 3.53. The third-order valence-corrected chi connectivity index (χ3v) is 5.23. The molecule has 1 aliphatic heterocycles. The van der Waals surface area contributed by atoms with Gasteiger partial charge in [0.15, 0.2) is 5.96 Å². The second-order valence-corrected chi connectivity index (χ2v) is 7.75. The summed E-state index contributed by atoms with van der Waals surface area (Å²) in [4.78, 5) is 20.8. The summed E-state index contributed by atoms with van der Waals surface area (Å²) in [5, 5.41) is 6.75. The topological polar surface area (TPSA) is 60.0 Å².